The Morgan fingerprint density at radius 2 is 2.07 bits per heavy atom. The van der Waals surface area contributed by atoms with Gasteiger partial charge in [-0.3, -0.25) is 9.59 Å². The number of hydrogen-bond acceptors (Lipinski definition) is 3. The summed E-state index contributed by atoms with van der Waals surface area (Å²) in [7, 11) is 1.70. The van der Waals surface area contributed by atoms with Gasteiger partial charge in [0.15, 0.2) is 0 Å². The van der Waals surface area contributed by atoms with Crippen molar-refractivity contribution in [2.75, 3.05) is 20.1 Å². The van der Waals surface area contributed by atoms with E-state index in [0.29, 0.717) is 13.1 Å². The van der Waals surface area contributed by atoms with Crippen LogP contribution in [0.25, 0.3) is 0 Å². The summed E-state index contributed by atoms with van der Waals surface area (Å²) in [6, 6.07) is 0.00250. The van der Waals surface area contributed by atoms with E-state index >= 15 is 0 Å². The van der Waals surface area contributed by atoms with Gasteiger partial charge < -0.3 is 14.9 Å². The Morgan fingerprint density at radius 3 is 2.60 bits per heavy atom. The average molecular weight is 214 g/mol. The molecule has 1 aliphatic rings. The zero-order chi connectivity index (χ0) is 11.6. The van der Waals surface area contributed by atoms with Crippen molar-refractivity contribution in [1.82, 2.24) is 9.80 Å². The number of carbonyl (C=O) groups is 2. The Hall–Kier alpha value is -1.10. The molecule has 0 aromatic heterocycles. The van der Waals surface area contributed by atoms with Crippen LogP contribution in [0.2, 0.25) is 0 Å². The van der Waals surface area contributed by atoms with Crippen molar-refractivity contribution in [2.24, 2.45) is 0 Å². The summed E-state index contributed by atoms with van der Waals surface area (Å²) < 4.78 is 0. The molecule has 0 bridgehead atoms. The fourth-order valence-corrected chi connectivity index (χ4v) is 1.65. The molecule has 1 saturated heterocycles. The second-order valence-corrected chi connectivity index (χ2v) is 4.18. The number of β-amino-alcohol motifs (C(OH)–C–C–N with tert-alkyl or cyclic N) is 1. The molecule has 1 rings (SSSR count). The fourth-order valence-electron chi connectivity index (χ4n) is 1.65. The number of aliphatic hydroxyl groups excluding tert-OH is 1. The summed E-state index contributed by atoms with van der Waals surface area (Å²) in [4.78, 5) is 26.2. The zero-order valence-electron chi connectivity index (χ0n) is 9.43. The summed E-state index contributed by atoms with van der Waals surface area (Å²) in [5.74, 6) is -0.349. The lowest BCUT2D eigenvalue weighted by atomic mass is 10.2. The van der Waals surface area contributed by atoms with Crippen LogP contribution in [0.3, 0.4) is 0 Å². The number of carbonyl (C=O) groups excluding carboxylic acids is 2. The molecule has 0 saturated carbocycles. The molecule has 2 amide bonds. The highest BCUT2D eigenvalue weighted by atomic mass is 16.3. The monoisotopic (exact) mass is 214 g/mol. The lowest BCUT2D eigenvalue weighted by Crippen LogP contribution is -2.41. The highest BCUT2D eigenvalue weighted by molar-refractivity contribution is 5.97. The first kappa shape index (κ1) is 12.0. The van der Waals surface area contributed by atoms with Gasteiger partial charge in [0.2, 0.25) is 11.8 Å². The van der Waals surface area contributed by atoms with Crippen molar-refractivity contribution in [3.8, 4) is 0 Å². The van der Waals surface area contributed by atoms with Gasteiger partial charge in [0.05, 0.1) is 6.10 Å². The van der Waals surface area contributed by atoms with Gasteiger partial charge in [0, 0.05) is 26.2 Å². The van der Waals surface area contributed by atoms with Gasteiger partial charge in [0.1, 0.15) is 6.42 Å². The maximum atomic E-state index is 11.6. The third-order valence-corrected chi connectivity index (χ3v) is 2.68. The maximum absolute atomic E-state index is 11.6. The van der Waals surface area contributed by atoms with Crippen molar-refractivity contribution in [3.63, 3.8) is 0 Å². The van der Waals surface area contributed by atoms with E-state index < -0.39 is 6.10 Å². The van der Waals surface area contributed by atoms with Gasteiger partial charge in [-0.05, 0) is 13.8 Å². The van der Waals surface area contributed by atoms with E-state index in [0.717, 1.165) is 0 Å². The first-order chi connectivity index (χ1) is 6.91. The van der Waals surface area contributed by atoms with E-state index in [4.69, 9.17) is 0 Å². The molecule has 1 N–H and O–H groups in total. The summed E-state index contributed by atoms with van der Waals surface area (Å²) in [6.45, 7) is 4.32. The molecular formula is C10H18N2O3. The summed E-state index contributed by atoms with van der Waals surface area (Å²) in [6.07, 6.45) is -0.646. The summed E-state index contributed by atoms with van der Waals surface area (Å²) >= 11 is 0. The highest BCUT2D eigenvalue weighted by Crippen LogP contribution is 2.10. The number of likely N-dealkylation sites (N-methyl/N-ethyl adjacent to an activating group) is 1. The van der Waals surface area contributed by atoms with Gasteiger partial charge in [-0.15, -0.1) is 0 Å². The Kier molecular flexibility index (Phi) is 3.68. The first-order valence-electron chi connectivity index (χ1n) is 5.13. The van der Waals surface area contributed by atoms with Gasteiger partial charge >= 0.3 is 0 Å². The van der Waals surface area contributed by atoms with Gasteiger partial charge in [-0.1, -0.05) is 0 Å². The maximum Gasteiger partial charge on any atom is 0.232 e. The molecule has 0 radical (unpaired) electrons. The topological polar surface area (TPSA) is 60.9 Å². The normalized spacial score (nSPS) is 25.5. The molecule has 86 valence electrons. The van der Waals surface area contributed by atoms with E-state index in [-0.39, 0.29) is 24.3 Å². The lowest BCUT2D eigenvalue weighted by molar-refractivity contribution is -0.137. The lowest BCUT2D eigenvalue weighted by Gasteiger charge is -2.26. The minimum Gasteiger partial charge on any atom is -0.392 e. The number of aliphatic hydroxyl groups is 1. The average Bonchev–Trinajstić information content (AvgIpc) is 2.20. The van der Waals surface area contributed by atoms with Crippen molar-refractivity contribution >= 4 is 11.8 Å². The second-order valence-electron chi connectivity index (χ2n) is 4.18. The van der Waals surface area contributed by atoms with Crippen molar-refractivity contribution in [1.29, 1.82) is 0 Å². The molecular weight excluding hydrogens is 196 g/mol. The Balaban J connectivity index is 2.74. The summed E-state index contributed by atoms with van der Waals surface area (Å²) in [5.41, 5.74) is 0. The fraction of sp³-hybridized carbons (Fsp3) is 0.800. The molecule has 2 atom stereocenters. The number of amides is 2. The smallest absolute Gasteiger partial charge is 0.232 e. The predicted octanol–water partition coefficient (Wildman–Crippen LogP) is -0.554. The van der Waals surface area contributed by atoms with Crippen LogP contribution in [0.4, 0.5) is 0 Å². The van der Waals surface area contributed by atoms with Gasteiger partial charge in [-0.25, -0.2) is 0 Å². The molecule has 0 aromatic rings. The van der Waals surface area contributed by atoms with Crippen LogP contribution in [0.1, 0.15) is 20.3 Å². The number of rotatable bonds is 2. The molecule has 5 heteroatoms. The molecule has 1 aliphatic heterocycles. The molecule has 5 nitrogen and oxygen atoms in total. The third kappa shape index (κ3) is 2.92. The Morgan fingerprint density at radius 1 is 1.47 bits per heavy atom. The molecule has 2 unspecified atom stereocenters. The van der Waals surface area contributed by atoms with E-state index in [1.165, 1.54) is 0 Å². The molecule has 0 aromatic carbocycles. The molecule has 1 heterocycles. The predicted molar refractivity (Wildman–Crippen MR) is 55.1 cm³/mol. The second kappa shape index (κ2) is 4.61. The third-order valence-electron chi connectivity index (χ3n) is 2.68. The van der Waals surface area contributed by atoms with E-state index in [2.05, 4.69) is 0 Å². The minimum atomic E-state index is -0.556. The van der Waals surface area contributed by atoms with Crippen LogP contribution in [-0.2, 0) is 9.59 Å². The van der Waals surface area contributed by atoms with E-state index in [1.807, 2.05) is 6.92 Å². The molecule has 0 aliphatic carbocycles. The van der Waals surface area contributed by atoms with Gasteiger partial charge in [-0.2, -0.15) is 0 Å². The summed E-state index contributed by atoms with van der Waals surface area (Å²) in [5, 5.41) is 9.24. The van der Waals surface area contributed by atoms with Crippen LogP contribution in [0.5, 0.6) is 0 Å². The minimum absolute atomic E-state index is 0.00250. The van der Waals surface area contributed by atoms with Crippen LogP contribution >= 0.6 is 0 Å². The number of nitrogens with zero attached hydrogens (tertiary/aromatic N) is 2. The van der Waals surface area contributed by atoms with Crippen molar-refractivity contribution in [2.45, 2.75) is 32.4 Å². The van der Waals surface area contributed by atoms with Crippen LogP contribution in [0.15, 0.2) is 0 Å². The SMILES string of the molecule is CC(O)CN1CC(C)N(C)C(=O)CC1=O. The van der Waals surface area contributed by atoms with Crippen molar-refractivity contribution in [3.05, 3.63) is 0 Å². The first-order valence-corrected chi connectivity index (χ1v) is 5.13. The molecule has 1 fully saturated rings. The Bertz CT molecular complexity index is 265. The van der Waals surface area contributed by atoms with Crippen LogP contribution in [0, 0.1) is 0 Å². The highest BCUT2D eigenvalue weighted by Gasteiger charge is 2.29. The Labute approximate surface area is 89.7 Å². The largest absolute Gasteiger partial charge is 0.392 e. The quantitative estimate of drug-likeness (QED) is 0.627. The van der Waals surface area contributed by atoms with E-state index in [9.17, 15) is 14.7 Å². The van der Waals surface area contributed by atoms with Gasteiger partial charge in [0.25, 0.3) is 0 Å². The zero-order valence-corrected chi connectivity index (χ0v) is 9.43. The van der Waals surface area contributed by atoms with Crippen molar-refractivity contribution < 1.29 is 14.7 Å². The number of hydrogen-bond donors (Lipinski definition) is 1. The van der Waals surface area contributed by atoms with E-state index in [1.54, 1.807) is 23.8 Å². The van der Waals surface area contributed by atoms with Crippen LogP contribution in [-0.4, -0.2) is 59.0 Å². The molecule has 0 spiro atoms. The molecule has 15 heavy (non-hydrogen) atoms. The standard InChI is InChI=1S/C10H18N2O3/c1-7-5-12(6-8(2)13)10(15)4-9(14)11(7)3/h7-8,13H,4-6H2,1-3H3. The van der Waals surface area contributed by atoms with Crippen LogP contribution < -0.4 is 0 Å².